The second kappa shape index (κ2) is 9.39. The molecule has 156 valence electrons. The predicted octanol–water partition coefficient (Wildman–Crippen LogP) is 4.59. The van der Waals surface area contributed by atoms with E-state index in [1.807, 2.05) is 18.2 Å². The number of rotatable bonds is 6. The lowest BCUT2D eigenvalue weighted by atomic mass is 9.90. The number of benzene rings is 3. The third-order valence-corrected chi connectivity index (χ3v) is 5.40. The van der Waals surface area contributed by atoms with Crippen molar-refractivity contribution < 1.29 is 19.1 Å². The molecule has 0 radical (unpaired) electrons. The maximum absolute atomic E-state index is 12.8. The van der Waals surface area contributed by atoms with Gasteiger partial charge in [-0.1, -0.05) is 48.5 Å². The van der Waals surface area contributed by atoms with Crippen LogP contribution >= 0.6 is 0 Å². The number of esters is 1. The fraction of sp³-hybridized carbons (Fsp3) is 0.192. The molecule has 1 amide bonds. The monoisotopic (exact) mass is 413 g/mol. The molecule has 0 aromatic heterocycles. The summed E-state index contributed by atoms with van der Waals surface area (Å²) in [6.45, 7) is -0.427. The van der Waals surface area contributed by atoms with E-state index >= 15 is 0 Å². The molecule has 0 atom stereocenters. The molecule has 0 saturated heterocycles. The van der Waals surface area contributed by atoms with Gasteiger partial charge in [-0.3, -0.25) is 9.59 Å². The quantitative estimate of drug-likeness (QED) is 0.474. The molecule has 0 spiro atoms. The van der Waals surface area contributed by atoms with Crippen LogP contribution in [0.3, 0.4) is 0 Å². The van der Waals surface area contributed by atoms with Crippen molar-refractivity contribution in [3.05, 3.63) is 101 Å². The van der Waals surface area contributed by atoms with Gasteiger partial charge < -0.3 is 10.1 Å². The molecule has 1 aliphatic rings. The molecule has 5 nitrogen and oxygen atoms in total. The van der Waals surface area contributed by atoms with Gasteiger partial charge in [-0.25, -0.2) is 4.79 Å². The fourth-order valence-electron chi connectivity index (χ4n) is 3.80. The Morgan fingerprint density at radius 1 is 0.774 bits per heavy atom. The summed E-state index contributed by atoms with van der Waals surface area (Å²) < 4.78 is 5.20. The van der Waals surface area contributed by atoms with Crippen LogP contribution < -0.4 is 5.32 Å². The van der Waals surface area contributed by atoms with E-state index in [0.29, 0.717) is 22.4 Å². The van der Waals surface area contributed by atoms with Crippen LogP contribution in [-0.2, 0) is 22.4 Å². The van der Waals surface area contributed by atoms with Gasteiger partial charge in [0.05, 0.1) is 11.3 Å². The van der Waals surface area contributed by atoms with Gasteiger partial charge in [-0.2, -0.15) is 0 Å². The summed E-state index contributed by atoms with van der Waals surface area (Å²) in [5.41, 5.74) is 4.20. The van der Waals surface area contributed by atoms with Crippen molar-refractivity contribution >= 4 is 23.3 Å². The molecular formula is C26H23NO4. The van der Waals surface area contributed by atoms with Crippen LogP contribution in [0.2, 0.25) is 0 Å². The first kappa shape index (κ1) is 20.5. The molecule has 1 aliphatic carbocycles. The van der Waals surface area contributed by atoms with Gasteiger partial charge in [0.25, 0.3) is 5.91 Å². The van der Waals surface area contributed by atoms with Gasteiger partial charge in [0.2, 0.25) is 0 Å². The number of anilines is 1. The summed E-state index contributed by atoms with van der Waals surface area (Å²) in [6.07, 6.45) is 4.29. The Morgan fingerprint density at radius 2 is 1.48 bits per heavy atom. The van der Waals surface area contributed by atoms with Crippen LogP contribution in [0.5, 0.6) is 0 Å². The van der Waals surface area contributed by atoms with Crippen LogP contribution in [0, 0.1) is 0 Å². The van der Waals surface area contributed by atoms with E-state index < -0.39 is 18.5 Å². The van der Waals surface area contributed by atoms with Crippen molar-refractivity contribution in [2.75, 3.05) is 11.9 Å². The first-order chi connectivity index (χ1) is 15.1. The molecular weight excluding hydrogens is 390 g/mol. The number of fused-ring (bicyclic) bond motifs is 1. The molecule has 5 heteroatoms. The highest BCUT2D eigenvalue weighted by molar-refractivity contribution is 6.14. The van der Waals surface area contributed by atoms with Crippen LogP contribution in [0.25, 0.3) is 0 Å². The van der Waals surface area contributed by atoms with E-state index in [-0.39, 0.29) is 5.78 Å². The maximum atomic E-state index is 12.8. The summed E-state index contributed by atoms with van der Waals surface area (Å²) in [5.74, 6) is -1.22. The molecule has 0 saturated carbocycles. The van der Waals surface area contributed by atoms with E-state index in [0.717, 1.165) is 19.3 Å². The highest BCUT2D eigenvalue weighted by Crippen LogP contribution is 2.23. The molecule has 4 rings (SSSR count). The molecule has 31 heavy (non-hydrogen) atoms. The van der Waals surface area contributed by atoms with Crippen molar-refractivity contribution in [2.24, 2.45) is 0 Å². The molecule has 0 heterocycles. The average molecular weight is 413 g/mol. The van der Waals surface area contributed by atoms with E-state index in [1.165, 1.54) is 17.5 Å². The first-order valence-electron chi connectivity index (χ1n) is 10.4. The Bertz CT molecular complexity index is 1120. The Hall–Kier alpha value is -3.73. The van der Waals surface area contributed by atoms with Gasteiger partial charge in [0.1, 0.15) is 0 Å². The lowest BCUT2D eigenvalue weighted by molar-refractivity contribution is -0.119. The number of aryl methyl sites for hydroxylation is 2. The third kappa shape index (κ3) is 4.89. The van der Waals surface area contributed by atoms with Crippen molar-refractivity contribution in [2.45, 2.75) is 25.7 Å². The molecule has 0 unspecified atom stereocenters. The standard InChI is InChI=1S/C26H23NO4/c28-24(17-31-26(30)21-15-14-18-8-4-5-11-20(18)16-21)27-23-13-7-6-12-22(23)25(29)19-9-2-1-3-10-19/h1-3,6-7,9-10,12-16H,4-5,8,11,17H2,(H,27,28). The fourth-order valence-corrected chi connectivity index (χ4v) is 3.80. The lowest BCUT2D eigenvalue weighted by Crippen LogP contribution is -2.22. The molecule has 0 fully saturated rings. The smallest absolute Gasteiger partial charge is 0.338 e. The number of nitrogens with one attached hydrogen (secondary N) is 1. The Morgan fingerprint density at radius 3 is 2.29 bits per heavy atom. The molecule has 3 aromatic carbocycles. The second-order valence-electron chi connectivity index (χ2n) is 7.56. The summed E-state index contributed by atoms with van der Waals surface area (Å²) in [4.78, 5) is 37.6. The normalized spacial score (nSPS) is 12.5. The van der Waals surface area contributed by atoms with Gasteiger partial charge in [-0.05, 0) is 61.1 Å². The number of ether oxygens (including phenoxy) is 1. The number of carbonyl (C=O) groups is 3. The van der Waals surface area contributed by atoms with E-state index in [2.05, 4.69) is 5.32 Å². The van der Waals surface area contributed by atoms with Crippen molar-refractivity contribution in [1.82, 2.24) is 0 Å². The van der Waals surface area contributed by atoms with Crippen LogP contribution in [-0.4, -0.2) is 24.3 Å². The maximum Gasteiger partial charge on any atom is 0.338 e. The van der Waals surface area contributed by atoms with E-state index in [1.54, 1.807) is 54.6 Å². The zero-order valence-electron chi connectivity index (χ0n) is 17.1. The second-order valence-corrected chi connectivity index (χ2v) is 7.56. The predicted molar refractivity (Wildman–Crippen MR) is 118 cm³/mol. The van der Waals surface area contributed by atoms with E-state index in [4.69, 9.17) is 4.74 Å². The topological polar surface area (TPSA) is 72.5 Å². The van der Waals surface area contributed by atoms with Gasteiger partial charge in [-0.15, -0.1) is 0 Å². The summed E-state index contributed by atoms with van der Waals surface area (Å²) in [7, 11) is 0. The highest BCUT2D eigenvalue weighted by atomic mass is 16.5. The van der Waals surface area contributed by atoms with Crippen LogP contribution in [0.15, 0.2) is 72.8 Å². The van der Waals surface area contributed by atoms with Crippen LogP contribution in [0.1, 0.15) is 50.2 Å². The van der Waals surface area contributed by atoms with E-state index in [9.17, 15) is 14.4 Å². The number of hydrogen-bond donors (Lipinski definition) is 1. The Labute approximate surface area is 181 Å². The zero-order valence-corrected chi connectivity index (χ0v) is 17.1. The number of para-hydroxylation sites is 1. The molecule has 1 N–H and O–H groups in total. The minimum Gasteiger partial charge on any atom is -0.452 e. The third-order valence-electron chi connectivity index (χ3n) is 5.40. The number of amides is 1. The van der Waals surface area contributed by atoms with Crippen molar-refractivity contribution in [3.63, 3.8) is 0 Å². The summed E-state index contributed by atoms with van der Waals surface area (Å²) in [5, 5.41) is 2.68. The van der Waals surface area contributed by atoms with Gasteiger partial charge in [0.15, 0.2) is 12.4 Å². The minimum absolute atomic E-state index is 0.192. The highest BCUT2D eigenvalue weighted by Gasteiger charge is 2.17. The molecule has 3 aromatic rings. The van der Waals surface area contributed by atoms with Gasteiger partial charge in [0, 0.05) is 11.1 Å². The van der Waals surface area contributed by atoms with Crippen LogP contribution in [0.4, 0.5) is 5.69 Å². The first-order valence-corrected chi connectivity index (χ1v) is 10.4. The SMILES string of the molecule is O=C(COC(=O)c1ccc2c(c1)CCCC2)Nc1ccccc1C(=O)c1ccccc1. The summed E-state index contributed by atoms with van der Waals surface area (Å²) in [6, 6.07) is 21.2. The van der Waals surface area contributed by atoms with Crippen molar-refractivity contribution in [3.8, 4) is 0 Å². The molecule has 0 aliphatic heterocycles. The minimum atomic E-state index is -0.530. The number of ketones is 1. The summed E-state index contributed by atoms with van der Waals surface area (Å²) >= 11 is 0. The Kier molecular flexibility index (Phi) is 6.22. The van der Waals surface area contributed by atoms with Gasteiger partial charge >= 0.3 is 5.97 Å². The van der Waals surface area contributed by atoms with Crippen molar-refractivity contribution in [1.29, 1.82) is 0 Å². The number of hydrogen-bond acceptors (Lipinski definition) is 4. The zero-order chi connectivity index (χ0) is 21.6. The Balaban J connectivity index is 1.39. The average Bonchev–Trinajstić information content (AvgIpc) is 2.82. The lowest BCUT2D eigenvalue weighted by Gasteiger charge is -2.16. The number of carbonyl (C=O) groups excluding carboxylic acids is 3. The molecule has 0 bridgehead atoms. The largest absolute Gasteiger partial charge is 0.452 e.